The molecule has 1 aliphatic rings. The fourth-order valence-electron chi connectivity index (χ4n) is 3.15. The maximum atomic E-state index is 12.6. The Labute approximate surface area is 171 Å². The number of halogens is 3. The molecule has 2 aromatic rings. The molecule has 1 aliphatic heterocycles. The van der Waals surface area contributed by atoms with Gasteiger partial charge in [-0.3, -0.25) is 4.79 Å². The molecule has 0 radical (unpaired) electrons. The quantitative estimate of drug-likeness (QED) is 0.541. The van der Waals surface area contributed by atoms with Crippen LogP contribution in [0.2, 0.25) is 0 Å². The van der Waals surface area contributed by atoms with Crippen molar-refractivity contribution in [3.8, 4) is 5.75 Å². The Hall–Kier alpha value is -3.29. The van der Waals surface area contributed by atoms with Crippen LogP contribution < -0.4 is 4.74 Å². The third-order valence-corrected chi connectivity index (χ3v) is 4.61. The second kappa shape index (κ2) is 9.02. The number of nitrogens with zero attached hydrogens (tertiary/aromatic N) is 1. The molecule has 0 unspecified atom stereocenters. The van der Waals surface area contributed by atoms with E-state index in [2.05, 4.69) is 4.74 Å². The van der Waals surface area contributed by atoms with Gasteiger partial charge in [-0.05, 0) is 48.2 Å². The zero-order valence-corrected chi connectivity index (χ0v) is 16.2. The first-order valence-corrected chi connectivity index (χ1v) is 9.31. The van der Waals surface area contributed by atoms with E-state index in [0.717, 1.165) is 30.2 Å². The van der Waals surface area contributed by atoms with Gasteiger partial charge in [-0.1, -0.05) is 36.4 Å². The third-order valence-electron chi connectivity index (χ3n) is 4.61. The van der Waals surface area contributed by atoms with Gasteiger partial charge in [0.25, 0.3) is 5.91 Å². The number of fused-ring (bicyclic) bond motifs is 1. The molecule has 0 saturated carbocycles. The Morgan fingerprint density at radius 3 is 2.40 bits per heavy atom. The molecule has 1 heterocycles. The summed E-state index contributed by atoms with van der Waals surface area (Å²) in [6.07, 6.45) is -2.46. The second-order valence-electron chi connectivity index (χ2n) is 6.81. The lowest BCUT2D eigenvalue weighted by Crippen LogP contribution is -2.42. The zero-order chi connectivity index (χ0) is 21.7. The van der Waals surface area contributed by atoms with E-state index in [1.54, 1.807) is 4.90 Å². The van der Waals surface area contributed by atoms with Crippen LogP contribution in [0.5, 0.6) is 5.75 Å². The number of ether oxygens (including phenoxy) is 2. The van der Waals surface area contributed by atoms with Gasteiger partial charge >= 0.3 is 12.3 Å². The summed E-state index contributed by atoms with van der Waals surface area (Å²) < 4.78 is 45.4. The molecule has 8 heteroatoms. The molecule has 0 aromatic heterocycles. The lowest BCUT2D eigenvalue weighted by Gasteiger charge is -2.30. The Morgan fingerprint density at radius 1 is 1.07 bits per heavy atom. The standard InChI is InChI=1S/C22H20F3NO4/c1-15(21(28)26-13-12-17-4-2-3-5-18(17)14-26)29-20(27)11-8-16-6-9-19(10-7-16)30-22(23,24)25/h2-11,15H,12-14H2,1H3/b11-8+/t15-/m1/s1. The maximum Gasteiger partial charge on any atom is 0.573 e. The van der Waals surface area contributed by atoms with E-state index in [4.69, 9.17) is 4.74 Å². The summed E-state index contributed by atoms with van der Waals surface area (Å²) in [5.74, 6) is -1.35. The molecule has 1 amide bonds. The fraction of sp³-hybridized carbons (Fsp3) is 0.273. The van der Waals surface area contributed by atoms with Crippen LogP contribution in [-0.2, 0) is 27.3 Å². The van der Waals surface area contributed by atoms with Crippen LogP contribution in [0.15, 0.2) is 54.6 Å². The van der Waals surface area contributed by atoms with E-state index in [-0.39, 0.29) is 11.7 Å². The van der Waals surface area contributed by atoms with E-state index in [9.17, 15) is 22.8 Å². The molecule has 3 rings (SSSR count). The molecule has 0 bridgehead atoms. The maximum absolute atomic E-state index is 12.6. The van der Waals surface area contributed by atoms with Crippen LogP contribution in [0.25, 0.3) is 6.08 Å². The molecule has 5 nitrogen and oxygen atoms in total. The van der Waals surface area contributed by atoms with E-state index in [0.29, 0.717) is 18.7 Å². The third kappa shape index (κ3) is 5.85. The Bertz CT molecular complexity index is 938. The molecule has 0 aliphatic carbocycles. The molecule has 2 aromatic carbocycles. The van der Waals surface area contributed by atoms with Crippen molar-refractivity contribution >= 4 is 18.0 Å². The molecule has 0 saturated heterocycles. The molecule has 0 fully saturated rings. The smallest absolute Gasteiger partial charge is 0.449 e. The number of alkyl halides is 3. The van der Waals surface area contributed by atoms with Gasteiger partial charge in [0.05, 0.1) is 0 Å². The van der Waals surface area contributed by atoms with Crippen LogP contribution in [0, 0.1) is 0 Å². The number of amides is 1. The van der Waals surface area contributed by atoms with E-state index >= 15 is 0 Å². The van der Waals surface area contributed by atoms with Gasteiger partial charge in [-0.25, -0.2) is 4.79 Å². The number of carbonyl (C=O) groups is 2. The highest BCUT2D eigenvalue weighted by molar-refractivity contribution is 5.90. The summed E-state index contributed by atoms with van der Waals surface area (Å²) >= 11 is 0. The average Bonchev–Trinajstić information content (AvgIpc) is 2.71. The highest BCUT2D eigenvalue weighted by Gasteiger charge is 2.31. The minimum atomic E-state index is -4.76. The largest absolute Gasteiger partial charge is 0.573 e. The fourth-order valence-corrected chi connectivity index (χ4v) is 3.15. The van der Waals surface area contributed by atoms with E-state index < -0.39 is 18.4 Å². The Kier molecular flexibility index (Phi) is 6.44. The van der Waals surface area contributed by atoms with Crippen LogP contribution in [0.1, 0.15) is 23.6 Å². The van der Waals surface area contributed by atoms with Gasteiger partial charge in [0.2, 0.25) is 0 Å². The van der Waals surface area contributed by atoms with Gasteiger partial charge < -0.3 is 14.4 Å². The Morgan fingerprint density at radius 2 is 1.73 bits per heavy atom. The first-order valence-electron chi connectivity index (χ1n) is 9.31. The van der Waals surface area contributed by atoms with Gasteiger partial charge in [-0.2, -0.15) is 0 Å². The highest BCUT2D eigenvalue weighted by Crippen LogP contribution is 2.23. The summed E-state index contributed by atoms with van der Waals surface area (Å²) in [6, 6.07) is 12.9. The minimum absolute atomic E-state index is 0.278. The number of rotatable bonds is 5. The number of hydrogen-bond donors (Lipinski definition) is 0. The predicted molar refractivity (Wildman–Crippen MR) is 103 cm³/mol. The average molecular weight is 419 g/mol. The summed E-state index contributed by atoms with van der Waals surface area (Å²) in [5, 5.41) is 0. The monoisotopic (exact) mass is 419 g/mol. The number of hydrogen-bond acceptors (Lipinski definition) is 4. The van der Waals surface area contributed by atoms with Crippen molar-refractivity contribution < 1.29 is 32.2 Å². The summed E-state index contributed by atoms with van der Waals surface area (Å²) in [6.45, 7) is 2.54. The lowest BCUT2D eigenvalue weighted by molar-refractivity contribution is -0.274. The molecule has 30 heavy (non-hydrogen) atoms. The minimum Gasteiger partial charge on any atom is -0.449 e. The van der Waals surface area contributed by atoms with Crippen LogP contribution in [0.4, 0.5) is 13.2 Å². The molecule has 1 atom stereocenters. The van der Waals surface area contributed by atoms with Crippen molar-refractivity contribution in [3.63, 3.8) is 0 Å². The summed E-state index contributed by atoms with van der Waals surface area (Å²) in [5.41, 5.74) is 2.77. The molecule has 0 N–H and O–H groups in total. The van der Waals surface area contributed by atoms with E-state index in [1.165, 1.54) is 30.7 Å². The number of benzene rings is 2. The van der Waals surface area contributed by atoms with Crippen molar-refractivity contribution in [1.29, 1.82) is 0 Å². The molecular weight excluding hydrogens is 399 g/mol. The Balaban J connectivity index is 1.52. The number of carbonyl (C=O) groups excluding carboxylic acids is 2. The van der Waals surface area contributed by atoms with Gasteiger partial charge in [-0.15, -0.1) is 13.2 Å². The first kappa shape index (κ1) is 21.4. The predicted octanol–water partition coefficient (Wildman–Crippen LogP) is 4.12. The highest BCUT2D eigenvalue weighted by atomic mass is 19.4. The van der Waals surface area contributed by atoms with Crippen molar-refractivity contribution in [3.05, 3.63) is 71.3 Å². The molecule has 158 valence electrons. The SMILES string of the molecule is C[C@@H](OC(=O)/C=C/c1ccc(OC(F)(F)F)cc1)C(=O)N1CCc2ccccc2C1. The molecular formula is C22H20F3NO4. The summed E-state index contributed by atoms with van der Waals surface area (Å²) in [4.78, 5) is 26.3. The van der Waals surface area contributed by atoms with Gasteiger partial charge in [0.15, 0.2) is 6.10 Å². The van der Waals surface area contributed by atoms with Gasteiger partial charge in [0, 0.05) is 19.2 Å². The van der Waals surface area contributed by atoms with Crippen molar-refractivity contribution in [1.82, 2.24) is 4.90 Å². The van der Waals surface area contributed by atoms with Crippen molar-refractivity contribution in [2.24, 2.45) is 0 Å². The van der Waals surface area contributed by atoms with Gasteiger partial charge in [0.1, 0.15) is 5.75 Å². The normalized spacial score (nSPS) is 14.9. The zero-order valence-electron chi connectivity index (χ0n) is 16.2. The van der Waals surface area contributed by atoms with Crippen LogP contribution in [0.3, 0.4) is 0 Å². The second-order valence-corrected chi connectivity index (χ2v) is 6.81. The van der Waals surface area contributed by atoms with E-state index in [1.807, 2.05) is 24.3 Å². The molecule has 0 spiro atoms. The van der Waals surface area contributed by atoms with Crippen LogP contribution in [-0.4, -0.2) is 35.8 Å². The number of esters is 1. The summed E-state index contributed by atoms with van der Waals surface area (Å²) in [7, 11) is 0. The lowest BCUT2D eigenvalue weighted by atomic mass is 9.99. The van der Waals surface area contributed by atoms with Crippen molar-refractivity contribution in [2.45, 2.75) is 32.4 Å². The first-order chi connectivity index (χ1) is 14.2. The van der Waals surface area contributed by atoms with Crippen molar-refractivity contribution in [2.75, 3.05) is 6.54 Å². The topological polar surface area (TPSA) is 55.8 Å². The van der Waals surface area contributed by atoms with Crippen LogP contribution >= 0.6 is 0 Å².